The molecule has 0 bridgehead atoms. The molecule has 0 aliphatic carbocycles. The number of hydrogen-bond acceptors (Lipinski definition) is 1. The first-order chi connectivity index (χ1) is 6.35. The molecule has 4 heteroatoms. The average Bonchev–Trinajstić information content (AvgIpc) is 2.18. The summed E-state index contributed by atoms with van der Waals surface area (Å²) < 4.78 is 5.29. The van der Waals surface area contributed by atoms with Gasteiger partial charge in [-0.05, 0) is 25.5 Å². The van der Waals surface area contributed by atoms with E-state index in [4.69, 9.17) is 4.74 Å². The molecule has 0 saturated heterocycles. The third-order valence-corrected chi connectivity index (χ3v) is 1.16. The van der Waals surface area contributed by atoms with Crippen LogP contribution in [0.2, 0.25) is 0 Å². The minimum absolute atomic E-state index is 0.250. The Balaban J connectivity index is 0.000000424. The summed E-state index contributed by atoms with van der Waals surface area (Å²) in [7, 11) is 0. The van der Waals surface area contributed by atoms with Crippen molar-refractivity contribution in [3.63, 3.8) is 0 Å². The summed E-state index contributed by atoms with van der Waals surface area (Å²) >= 11 is 6.25. The van der Waals surface area contributed by atoms with Crippen molar-refractivity contribution in [2.45, 2.75) is 6.42 Å². The Labute approximate surface area is 101 Å². The van der Waals surface area contributed by atoms with Gasteiger partial charge in [-0.25, -0.2) is 0 Å². The van der Waals surface area contributed by atoms with Crippen LogP contribution in [0.5, 0.6) is 5.75 Å². The van der Waals surface area contributed by atoms with Gasteiger partial charge in [-0.3, -0.25) is 0 Å². The normalized spacial score (nSPS) is 7.92. The fourth-order valence-electron chi connectivity index (χ4n) is 0.707. The van der Waals surface area contributed by atoms with Crippen molar-refractivity contribution in [1.82, 2.24) is 0 Å². The smallest absolute Gasteiger partial charge is 0.119 e. The fraction of sp³-hybridized carbons (Fsp3) is 0.222. The van der Waals surface area contributed by atoms with Crippen molar-refractivity contribution < 1.29 is 17.9 Å². The standard InChI is InChI=1S/C9H11O.2BrH.Zn/c1-2-8-10-9-6-4-3-5-7-9;;;/h3-7H,1-2,8H2;2*1H;/q;;;+2/p-2. The molecule has 0 fully saturated rings. The molecule has 0 amide bonds. The number of para-hydroxylation sites is 1. The van der Waals surface area contributed by atoms with Gasteiger partial charge in [0.1, 0.15) is 5.75 Å². The second-order valence-corrected chi connectivity index (χ2v) is 16.2. The molecule has 0 unspecified atom stereocenters. The Bertz CT molecular complexity index is 194. The maximum atomic E-state index is 5.29. The molecule has 0 aliphatic rings. The van der Waals surface area contributed by atoms with Gasteiger partial charge in [0.25, 0.3) is 0 Å². The Kier molecular flexibility index (Phi) is 11.2. The zero-order chi connectivity index (χ0) is 9.94. The van der Waals surface area contributed by atoms with E-state index in [0.717, 1.165) is 12.2 Å². The Morgan fingerprint density at radius 2 is 1.77 bits per heavy atom. The zero-order valence-corrected chi connectivity index (χ0v) is 13.5. The maximum Gasteiger partial charge on any atom is 0.119 e. The van der Waals surface area contributed by atoms with Crippen molar-refractivity contribution >= 4 is 27.2 Å². The molecule has 1 aromatic carbocycles. The minimum atomic E-state index is -0.250. The van der Waals surface area contributed by atoms with Gasteiger partial charge in [0, 0.05) is 0 Å². The molecule has 1 nitrogen and oxygen atoms in total. The topological polar surface area (TPSA) is 9.23 Å². The largest absolute Gasteiger partial charge is 0.494 e. The van der Waals surface area contributed by atoms with Crippen LogP contribution in [0.15, 0.2) is 30.3 Å². The van der Waals surface area contributed by atoms with Gasteiger partial charge >= 0.3 is 40.5 Å². The Morgan fingerprint density at radius 3 is 2.23 bits per heavy atom. The van der Waals surface area contributed by atoms with E-state index in [1.54, 1.807) is 0 Å². The zero-order valence-electron chi connectivity index (χ0n) is 7.38. The maximum absolute atomic E-state index is 5.29. The third-order valence-electron chi connectivity index (χ3n) is 1.16. The van der Waals surface area contributed by atoms with Crippen LogP contribution in [0.3, 0.4) is 0 Å². The van der Waals surface area contributed by atoms with Gasteiger partial charge in [0.05, 0.1) is 6.61 Å². The summed E-state index contributed by atoms with van der Waals surface area (Å²) in [4.78, 5) is 0. The van der Waals surface area contributed by atoms with E-state index in [1.807, 2.05) is 30.3 Å². The Morgan fingerprint density at radius 1 is 1.23 bits per heavy atom. The molecule has 0 heterocycles. The van der Waals surface area contributed by atoms with Crippen LogP contribution in [0.25, 0.3) is 0 Å². The molecule has 1 radical (unpaired) electrons. The molecular formula is C9H11Br2OZn. The predicted octanol–water partition coefficient (Wildman–Crippen LogP) is 3.98. The summed E-state index contributed by atoms with van der Waals surface area (Å²) in [5.41, 5.74) is 0. The molecule has 13 heavy (non-hydrogen) atoms. The quantitative estimate of drug-likeness (QED) is 0.741. The second kappa shape index (κ2) is 10.7. The van der Waals surface area contributed by atoms with E-state index < -0.39 is 0 Å². The molecule has 1 aromatic rings. The van der Waals surface area contributed by atoms with Crippen LogP contribution in [0.1, 0.15) is 6.42 Å². The third kappa shape index (κ3) is 8.92. The van der Waals surface area contributed by atoms with Gasteiger partial charge in [-0.15, -0.1) is 0 Å². The SMILES string of the molecule is [Br][Zn][Br].[CH2]CCOc1ccccc1. The molecule has 0 aliphatic heterocycles. The summed E-state index contributed by atoms with van der Waals surface area (Å²) in [5.74, 6) is 0.922. The Hall–Kier alpha value is 0.603. The molecule has 0 N–H and O–H groups in total. The van der Waals surface area contributed by atoms with Crippen molar-refractivity contribution in [1.29, 1.82) is 0 Å². The van der Waals surface area contributed by atoms with Gasteiger partial charge in [0.2, 0.25) is 0 Å². The predicted molar refractivity (Wildman–Crippen MR) is 59.8 cm³/mol. The minimum Gasteiger partial charge on any atom is -0.494 e. The van der Waals surface area contributed by atoms with Gasteiger partial charge in [0.15, 0.2) is 0 Å². The molecule has 69 valence electrons. The van der Waals surface area contributed by atoms with Crippen LogP contribution in [0, 0.1) is 6.92 Å². The van der Waals surface area contributed by atoms with Crippen LogP contribution in [-0.4, -0.2) is 6.61 Å². The van der Waals surface area contributed by atoms with E-state index in [2.05, 4.69) is 34.2 Å². The van der Waals surface area contributed by atoms with E-state index in [1.165, 1.54) is 0 Å². The molecular weight excluding hydrogens is 349 g/mol. The van der Waals surface area contributed by atoms with Crippen molar-refractivity contribution in [3.8, 4) is 5.75 Å². The first-order valence-electron chi connectivity index (χ1n) is 3.94. The van der Waals surface area contributed by atoms with Crippen LogP contribution in [0.4, 0.5) is 0 Å². The number of hydrogen-bond donors (Lipinski definition) is 0. The number of halogens is 2. The van der Waals surface area contributed by atoms with Crippen molar-refractivity contribution in [2.75, 3.05) is 6.61 Å². The first kappa shape index (κ1) is 13.6. The molecule has 1 rings (SSSR count). The summed E-state index contributed by atoms with van der Waals surface area (Å²) in [6.45, 7) is 4.37. The summed E-state index contributed by atoms with van der Waals surface area (Å²) in [6.07, 6.45) is 0.814. The fourth-order valence-corrected chi connectivity index (χ4v) is 0.707. The molecule has 0 saturated carbocycles. The molecule has 0 atom stereocenters. The number of benzene rings is 1. The van der Waals surface area contributed by atoms with Gasteiger partial charge in [-0.1, -0.05) is 18.2 Å². The number of ether oxygens (including phenoxy) is 1. The van der Waals surface area contributed by atoms with E-state index in [0.29, 0.717) is 6.61 Å². The van der Waals surface area contributed by atoms with Gasteiger partial charge in [-0.2, -0.15) is 0 Å². The van der Waals surface area contributed by atoms with E-state index >= 15 is 0 Å². The average molecular weight is 360 g/mol. The second-order valence-electron chi connectivity index (χ2n) is 2.12. The van der Waals surface area contributed by atoms with Crippen LogP contribution < -0.4 is 4.74 Å². The number of rotatable bonds is 3. The van der Waals surface area contributed by atoms with Crippen molar-refractivity contribution in [2.24, 2.45) is 0 Å². The van der Waals surface area contributed by atoms with Crippen LogP contribution in [-0.2, 0) is 13.2 Å². The summed E-state index contributed by atoms with van der Waals surface area (Å²) in [6, 6.07) is 9.76. The van der Waals surface area contributed by atoms with E-state index in [-0.39, 0.29) is 13.2 Å². The molecule has 0 aromatic heterocycles. The molecule has 0 spiro atoms. The monoisotopic (exact) mass is 357 g/mol. The van der Waals surface area contributed by atoms with E-state index in [9.17, 15) is 0 Å². The summed E-state index contributed by atoms with van der Waals surface area (Å²) in [5, 5.41) is 0. The first-order valence-corrected chi connectivity index (χ1v) is 17.8. The van der Waals surface area contributed by atoms with Gasteiger partial charge < -0.3 is 4.74 Å². The van der Waals surface area contributed by atoms with Crippen LogP contribution >= 0.6 is 27.2 Å². The van der Waals surface area contributed by atoms with Crippen molar-refractivity contribution in [3.05, 3.63) is 37.3 Å².